The summed E-state index contributed by atoms with van der Waals surface area (Å²) in [5.41, 5.74) is 5.76. The molecule has 1 saturated heterocycles. The average molecular weight is 292 g/mol. The Morgan fingerprint density at radius 3 is 2.37 bits per heavy atom. The van der Waals surface area contributed by atoms with Crippen LogP contribution in [0.15, 0.2) is 0 Å². The molecule has 1 rings (SSSR count). The second-order valence-electron chi connectivity index (χ2n) is 4.81. The van der Waals surface area contributed by atoms with E-state index in [1.54, 1.807) is 4.90 Å². The highest BCUT2D eigenvalue weighted by molar-refractivity contribution is 5.85. The highest BCUT2D eigenvalue weighted by Gasteiger charge is 2.23. The molecule has 0 unspecified atom stereocenters. The number of amides is 2. The maximum Gasteiger partial charge on any atom is 0.222 e. The third-order valence-corrected chi connectivity index (χ3v) is 3.47. The van der Waals surface area contributed by atoms with Gasteiger partial charge in [0.25, 0.3) is 0 Å². The van der Waals surface area contributed by atoms with Gasteiger partial charge in [-0.1, -0.05) is 0 Å². The van der Waals surface area contributed by atoms with Gasteiger partial charge in [-0.3, -0.25) is 9.59 Å². The highest BCUT2D eigenvalue weighted by Crippen LogP contribution is 2.10. The zero-order valence-electron chi connectivity index (χ0n) is 11.9. The Morgan fingerprint density at radius 2 is 1.89 bits per heavy atom. The van der Waals surface area contributed by atoms with Crippen LogP contribution in [0.25, 0.3) is 0 Å². The number of likely N-dealkylation sites (tertiary alicyclic amines) is 1. The molecular weight excluding hydrogens is 266 g/mol. The number of hydrogen-bond donors (Lipinski definition) is 1. The highest BCUT2D eigenvalue weighted by atomic mass is 35.5. The summed E-state index contributed by atoms with van der Waals surface area (Å²) in [6.45, 7) is 6.86. The summed E-state index contributed by atoms with van der Waals surface area (Å²) in [6, 6.07) is 0.131. The van der Waals surface area contributed by atoms with Gasteiger partial charge in [-0.15, -0.1) is 12.4 Å². The molecule has 0 bridgehead atoms. The predicted octanol–water partition coefficient (Wildman–Crippen LogP) is 1.01. The minimum absolute atomic E-state index is 0. The molecular formula is C13H26ClN3O2. The van der Waals surface area contributed by atoms with Gasteiger partial charge in [-0.05, 0) is 26.7 Å². The second kappa shape index (κ2) is 9.15. The summed E-state index contributed by atoms with van der Waals surface area (Å²) in [5.74, 6) is 0.279. The summed E-state index contributed by atoms with van der Waals surface area (Å²) in [4.78, 5) is 27.2. The van der Waals surface area contributed by atoms with Crippen molar-refractivity contribution < 1.29 is 9.59 Å². The minimum Gasteiger partial charge on any atom is -0.343 e. The summed E-state index contributed by atoms with van der Waals surface area (Å²) in [7, 11) is 0. The molecule has 1 aliphatic heterocycles. The molecule has 112 valence electrons. The maximum absolute atomic E-state index is 11.8. The SMILES string of the molecule is CCN(CC)C(=O)CCCC(=O)N1CC[C@@H](N)C1.Cl. The summed E-state index contributed by atoms with van der Waals surface area (Å²) in [5, 5.41) is 0. The van der Waals surface area contributed by atoms with E-state index < -0.39 is 0 Å². The second-order valence-corrected chi connectivity index (χ2v) is 4.81. The number of carbonyl (C=O) groups excluding carboxylic acids is 2. The molecule has 0 radical (unpaired) electrons. The van der Waals surface area contributed by atoms with E-state index >= 15 is 0 Å². The molecule has 1 atom stereocenters. The smallest absolute Gasteiger partial charge is 0.222 e. The van der Waals surface area contributed by atoms with Crippen LogP contribution in [0.5, 0.6) is 0 Å². The van der Waals surface area contributed by atoms with Crippen molar-refractivity contribution in [2.24, 2.45) is 5.73 Å². The zero-order chi connectivity index (χ0) is 13.5. The molecule has 1 heterocycles. The molecule has 0 aromatic rings. The number of hydrogen-bond acceptors (Lipinski definition) is 3. The molecule has 19 heavy (non-hydrogen) atoms. The van der Waals surface area contributed by atoms with Crippen molar-refractivity contribution >= 4 is 24.2 Å². The first-order chi connectivity index (χ1) is 8.58. The van der Waals surface area contributed by atoms with Crippen molar-refractivity contribution in [1.82, 2.24) is 9.80 Å². The number of rotatable bonds is 6. The van der Waals surface area contributed by atoms with Crippen LogP contribution in [-0.4, -0.2) is 53.8 Å². The lowest BCUT2D eigenvalue weighted by molar-refractivity contribution is -0.132. The van der Waals surface area contributed by atoms with Crippen LogP contribution in [0.4, 0.5) is 0 Å². The van der Waals surface area contributed by atoms with Gasteiger partial charge in [-0.2, -0.15) is 0 Å². The standard InChI is InChI=1S/C13H25N3O2.ClH/c1-3-15(4-2)12(17)6-5-7-13(18)16-9-8-11(14)10-16;/h11H,3-10,14H2,1-2H3;1H/t11-;/m1./s1. The summed E-state index contributed by atoms with van der Waals surface area (Å²) >= 11 is 0. The lowest BCUT2D eigenvalue weighted by atomic mass is 10.2. The van der Waals surface area contributed by atoms with Gasteiger partial charge >= 0.3 is 0 Å². The third kappa shape index (κ3) is 5.78. The van der Waals surface area contributed by atoms with E-state index in [9.17, 15) is 9.59 Å². The van der Waals surface area contributed by atoms with Crippen LogP contribution in [0, 0.1) is 0 Å². The Labute approximate surface area is 121 Å². The Kier molecular flexibility index (Phi) is 8.76. The van der Waals surface area contributed by atoms with Crippen LogP contribution in [0.2, 0.25) is 0 Å². The zero-order valence-corrected chi connectivity index (χ0v) is 12.7. The Balaban J connectivity index is 0.00000324. The minimum atomic E-state index is 0. The first kappa shape index (κ1) is 18.2. The van der Waals surface area contributed by atoms with Crippen LogP contribution in [-0.2, 0) is 9.59 Å². The normalized spacial score (nSPS) is 18.1. The van der Waals surface area contributed by atoms with Crippen molar-refractivity contribution in [2.75, 3.05) is 26.2 Å². The average Bonchev–Trinajstić information content (AvgIpc) is 2.77. The van der Waals surface area contributed by atoms with Crippen molar-refractivity contribution in [2.45, 2.75) is 45.6 Å². The number of nitrogens with two attached hydrogens (primary N) is 1. The van der Waals surface area contributed by atoms with Crippen LogP contribution in [0.1, 0.15) is 39.5 Å². The van der Waals surface area contributed by atoms with E-state index in [1.165, 1.54) is 0 Å². The molecule has 2 N–H and O–H groups in total. The predicted molar refractivity (Wildman–Crippen MR) is 78.2 cm³/mol. The molecule has 0 aromatic carbocycles. The van der Waals surface area contributed by atoms with E-state index in [1.807, 2.05) is 18.7 Å². The molecule has 0 spiro atoms. The third-order valence-electron chi connectivity index (χ3n) is 3.47. The largest absolute Gasteiger partial charge is 0.343 e. The molecule has 5 nitrogen and oxygen atoms in total. The molecule has 0 aromatic heterocycles. The lowest BCUT2D eigenvalue weighted by Gasteiger charge is -2.19. The van der Waals surface area contributed by atoms with Gasteiger partial charge in [0.15, 0.2) is 0 Å². The molecule has 0 saturated carbocycles. The van der Waals surface area contributed by atoms with E-state index in [2.05, 4.69) is 0 Å². The van der Waals surface area contributed by atoms with E-state index in [0.29, 0.717) is 25.8 Å². The van der Waals surface area contributed by atoms with Gasteiger partial charge in [0.05, 0.1) is 0 Å². The molecule has 2 amide bonds. The van der Waals surface area contributed by atoms with Gasteiger partial charge in [0, 0.05) is 45.1 Å². The van der Waals surface area contributed by atoms with Gasteiger partial charge in [0.2, 0.25) is 11.8 Å². The van der Waals surface area contributed by atoms with Crippen molar-refractivity contribution in [3.05, 3.63) is 0 Å². The number of halogens is 1. The summed E-state index contributed by atoms with van der Waals surface area (Å²) < 4.78 is 0. The number of carbonyl (C=O) groups is 2. The van der Waals surface area contributed by atoms with Crippen LogP contribution >= 0.6 is 12.4 Å². The van der Waals surface area contributed by atoms with E-state index in [4.69, 9.17) is 5.73 Å². The monoisotopic (exact) mass is 291 g/mol. The Morgan fingerprint density at radius 1 is 1.26 bits per heavy atom. The fourth-order valence-electron chi connectivity index (χ4n) is 2.30. The molecule has 1 fully saturated rings. The van der Waals surface area contributed by atoms with Gasteiger partial charge < -0.3 is 15.5 Å². The molecule has 6 heteroatoms. The first-order valence-electron chi connectivity index (χ1n) is 6.89. The fourth-order valence-corrected chi connectivity index (χ4v) is 2.30. The van der Waals surface area contributed by atoms with Crippen molar-refractivity contribution in [3.63, 3.8) is 0 Å². The quantitative estimate of drug-likeness (QED) is 0.794. The molecule has 0 aliphatic carbocycles. The molecule has 1 aliphatic rings. The fraction of sp³-hybridized carbons (Fsp3) is 0.846. The van der Waals surface area contributed by atoms with Crippen molar-refractivity contribution in [1.29, 1.82) is 0 Å². The van der Waals surface area contributed by atoms with Gasteiger partial charge in [-0.25, -0.2) is 0 Å². The van der Waals surface area contributed by atoms with Crippen LogP contribution in [0.3, 0.4) is 0 Å². The van der Waals surface area contributed by atoms with Crippen molar-refractivity contribution in [3.8, 4) is 0 Å². The number of nitrogens with zero attached hydrogens (tertiary/aromatic N) is 2. The van der Waals surface area contributed by atoms with Gasteiger partial charge in [0.1, 0.15) is 0 Å². The summed E-state index contributed by atoms with van der Waals surface area (Å²) in [6.07, 6.45) is 2.46. The van der Waals surface area contributed by atoms with E-state index in [0.717, 1.165) is 26.1 Å². The Hall–Kier alpha value is -0.810. The van der Waals surface area contributed by atoms with E-state index in [-0.39, 0.29) is 30.3 Å². The first-order valence-corrected chi connectivity index (χ1v) is 6.89. The van der Waals surface area contributed by atoms with Crippen LogP contribution < -0.4 is 5.73 Å². The topological polar surface area (TPSA) is 66.6 Å². The Bertz CT molecular complexity index is 296. The maximum atomic E-state index is 11.8. The lowest BCUT2D eigenvalue weighted by Crippen LogP contribution is -2.32.